The molecule has 0 saturated heterocycles. The monoisotopic (exact) mass is 400 g/mol. The summed E-state index contributed by atoms with van der Waals surface area (Å²) >= 11 is 0. The topological polar surface area (TPSA) is 117 Å². The van der Waals surface area contributed by atoms with Crippen LogP contribution in [-0.4, -0.2) is 43.2 Å². The predicted molar refractivity (Wildman–Crippen MR) is 102 cm³/mol. The van der Waals surface area contributed by atoms with Crippen LogP contribution >= 0.6 is 0 Å². The summed E-state index contributed by atoms with van der Waals surface area (Å²) < 4.78 is 15.9. The molecule has 3 rings (SSSR count). The lowest BCUT2D eigenvalue weighted by Gasteiger charge is -2.18. The highest BCUT2D eigenvalue weighted by Gasteiger charge is 2.17. The van der Waals surface area contributed by atoms with Crippen molar-refractivity contribution in [3.05, 3.63) is 63.2 Å². The van der Waals surface area contributed by atoms with Crippen molar-refractivity contribution >= 4 is 17.6 Å². The van der Waals surface area contributed by atoms with E-state index >= 15 is 0 Å². The number of fused-ring (bicyclic) bond motifs is 1. The van der Waals surface area contributed by atoms with Gasteiger partial charge in [0.15, 0.2) is 18.1 Å². The molecule has 1 heterocycles. The van der Waals surface area contributed by atoms with Crippen molar-refractivity contribution in [1.29, 1.82) is 0 Å². The van der Waals surface area contributed by atoms with Gasteiger partial charge in [0.25, 0.3) is 11.6 Å². The molecule has 0 aliphatic carbocycles. The lowest BCUT2D eigenvalue weighted by atomic mass is 10.1. The van der Waals surface area contributed by atoms with E-state index in [1.54, 1.807) is 6.92 Å². The van der Waals surface area contributed by atoms with Crippen LogP contribution in [0, 0.1) is 17.0 Å². The van der Waals surface area contributed by atoms with Gasteiger partial charge in [-0.2, -0.15) is 0 Å². The fraction of sp³-hybridized carbons (Fsp3) is 0.300. The first-order valence-corrected chi connectivity index (χ1v) is 9.01. The van der Waals surface area contributed by atoms with Crippen LogP contribution in [0.1, 0.15) is 21.5 Å². The molecule has 29 heavy (non-hydrogen) atoms. The maximum atomic E-state index is 12.0. The normalized spacial score (nSPS) is 12.2. The zero-order valence-electron chi connectivity index (χ0n) is 15.8. The molecule has 9 nitrogen and oxygen atoms in total. The average molecular weight is 400 g/mol. The van der Waals surface area contributed by atoms with E-state index in [2.05, 4.69) is 5.32 Å². The molecule has 0 aromatic heterocycles. The molecule has 2 aromatic rings. The number of carbonyl (C=O) groups is 2. The first kappa shape index (κ1) is 20.1. The van der Waals surface area contributed by atoms with Crippen LogP contribution in [0.25, 0.3) is 0 Å². The quantitative estimate of drug-likeness (QED) is 0.430. The molecule has 0 saturated carbocycles. The smallest absolute Gasteiger partial charge is 0.338 e. The lowest BCUT2D eigenvalue weighted by molar-refractivity contribution is -0.385. The molecule has 1 aliphatic heterocycles. The summed E-state index contributed by atoms with van der Waals surface area (Å²) in [6.45, 7) is 2.48. The Kier molecular flexibility index (Phi) is 6.28. The van der Waals surface area contributed by atoms with E-state index in [0.29, 0.717) is 43.2 Å². The van der Waals surface area contributed by atoms with Gasteiger partial charge in [-0.25, -0.2) is 4.79 Å². The van der Waals surface area contributed by atoms with E-state index in [1.165, 1.54) is 12.1 Å². The Hall–Kier alpha value is -3.62. The fourth-order valence-electron chi connectivity index (χ4n) is 2.79. The average Bonchev–Trinajstić information content (AvgIpc) is 2.72. The zero-order valence-corrected chi connectivity index (χ0v) is 15.8. The van der Waals surface area contributed by atoms with Gasteiger partial charge < -0.3 is 19.5 Å². The molecule has 9 heteroatoms. The van der Waals surface area contributed by atoms with Crippen LogP contribution < -0.4 is 14.8 Å². The van der Waals surface area contributed by atoms with E-state index in [9.17, 15) is 19.7 Å². The number of nitrogens with zero attached hydrogens (tertiary/aromatic N) is 1. The van der Waals surface area contributed by atoms with Gasteiger partial charge >= 0.3 is 5.97 Å². The maximum Gasteiger partial charge on any atom is 0.338 e. The number of rotatable bonds is 7. The second kappa shape index (κ2) is 9.05. The Balaban J connectivity index is 1.45. The largest absolute Gasteiger partial charge is 0.486 e. The van der Waals surface area contributed by atoms with E-state index in [-0.39, 0.29) is 11.3 Å². The Morgan fingerprint density at radius 3 is 2.66 bits per heavy atom. The highest BCUT2D eigenvalue weighted by atomic mass is 16.6. The van der Waals surface area contributed by atoms with Gasteiger partial charge in [0.05, 0.1) is 10.5 Å². The van der Waals surface area contributed by atoms with Crippen LogP contribution in [0.4, 0.5) is 5.69 Å². The third-order valence-electron chi connectivity index (χ3n) is 4.32. The number of esters is 1. The molecule has 1 N–H and O–H groups in total. The van der Waals surface area contributed by atoms with Gasteiger partial charge in [-0.3, -0.25) is 14.9 Å². The van der Waals surface area contributed by atoms with Crippen LogP contribution in [0.2, 0.25) is 0 Å². The second-order valence-electron chi connectivity index (χ2n) is 6.41. The van der Waals surface area contributed by atoms with Crippen molar-refractivity contribution in [1.82, 2.24) is 5.32 Å². The Morgan fingerprint density at radius 1 is 1.14 bits per heavy atom. The molecule has 0 atom stereocenters. The van der Waals surface area contributed by atoms with Crippen molar-refractivity contribution in [2.45, 2.75) is 13.3 Å². The zero-order chi connectivity index (χ0) is 20.8. The van der Waals surface area contributed by atoms with E-state index < -0.39 is 23.4 Å². The van der Waals surface area contributed by atoms with Gasteiger partial charge in [0.2, 0.25) is 0 Å². The third kappa shape index (κ3) is 5.22. The van der Waals surface area contributed by atoms with Crippen LogP contribution in [0.5, 0.6) is 11.5 Å². The predicted octanol–water partition coefficient (Wildman–Crippen LogP) is 2.19. The van der Waals surface area contributed by atoms with Gasteiger partial charge in [0, 0.05) is 18.2 Å². The molecule has 0 fully saturated rings. The lowest BCUT2D eigenvalue weighted by Crippen LogP contribution is -2.30. The van der Waals surface area contributed by atoms with Crippen molar-refractivity contribution in [3.8, 4) is 11.5 Å². The summed E-state index contributed by atoms with van der Waals surface area (Å²) in [5, 5.41) is 13.6. The number of nitro benzene ring substituents is 1. The van der Waals surface area contributed by atoms with Crippen molar-refractivity contribution in [2.24, 2.45) is 0 Å². The number of amides is 1. The first-order chi connectivity index (χ1) is 13.9. The minimum atomic E-state index is -0.796. The standard InChI is InChI=1S/C20H20N2O7/c1-13-2-4-15(11-16(13)22(25)26)20(24)29-12-19(23)21-7-6-14-3-5-17-18(10-14)28-9-8-27-17/h2-5,10-11H,6-9,12H2,1H3,(H,21,23). The molecule has 2 aromatic carbocycles. The SMILES string of the molecule is Cc1ccc(C(=O)OCC(=O)NCCc2ccc3c(c2)OCCO3)cc1[N+](=O)[O-]. The van der Waals surface area contributed by atoms with Gasteiger partial charge in [-0.15, -0.1) is 0 Å². The van der Waals surface area contributed by atoms with E-state index in [1.807, 2.05) is 18.2 Å². The van der Waals surface area contributed by atoms with Gasteiger partial charge in [0.1, 0.15) is 13.2 Å². The maximum absolute atomic E-state index is 12.0. The van der Waals surface area contributed by atoms with Crippen molar-refractivity contribution < 1.29 is 28.7 Å². The number of benzene rings is 2. The van der Waals surface area contributed by atoms with Crippen molar-refractivity contribution in [2.75, 3.05) is 26.4 Å². The van der Waals surface area contributed by atoms with E-state index in [4.69, 9.17) is 14.2 Å². The molecule has 152 valence electrons. The van der Waals surface area contributed by atoms with Crippen LogP contribution in [0.15, 0.2) is 36.4 Å². The summed E-state index contributed by atoms with van der Waals surface area (Å²) in [7, 11) is 0. The van der Waals surface area contributed by atoms with Gasteiger partial charge in [-0.05, 0) is 37.1 Å². The molecule has 0 unspecified atom stereocenters. The second-order valence-corrected chi connectivity index (χ2v) is 6.41. The molecular formula is C20H20N2O7. The Labute approximate surface area is 166 Å². The van der Waals surface area contributed by atoms with Crippen molar-refractivity contribution in [3.63, 3.8) is 0 Å². The summed E-state index contributed by atoms with van der Waals surface area (Å²) in [5.41, 5.74) is 1.25. The first-order valence-electron chi connectivity index (χ1n) is 9.01. The Bertz CT molecular complexity index is 942. The minimum Gasteiger partial charge on any atom is -0.486 e. The highest BCUT2D eigenvalue weighted by Crippen LogP contribution is 2.30. The molecular weight excluding hydrogens is 380 g/mol. The third-order valence-corrected chi connectivity index (χ3v) is 4.32. The number of carbonyl (C=O) groups excluding carboxylic acids is 2. The number of ether oxygens (including phenoxy) is 3. The van der Waals surface area contributed by atoms with Crippen LogP contribution in [0.3, 0.4) is 0 Å². The minimum absolute atomic E-state index is 0.0198. The van der Waals surface area contributed by atoms with Crippen LogP contribution in [-0.2, 0) is 16.0 Å². The molecule has 1 amide bonds. The summed E-state index contributed by atoms with van der Waals surface area (Å²) in [5.74, 6) is 0.126. The Morgan fingerprint density at radius 2 is 1.90 bits per heavy atom. The summed E-state index contributed by atoms with van der Waals surface area (Å²) in [6, 6.07) is 9.60. The summed E-state index contributed by atoms with van der Waals surface area (Å²) in [4.78, 5) is 34.3. The fourth-order valence-corrected chi connectivity index (χ4v) is 2.79. The highest BCUT2D eigenvalue weighted by molar-refractivity contribution is 5.92. The number of nitrogens with one attached hydrogen (secondary N) is 1. The van der Waals surface area contributed by atoms with E-state index in [0.717, 1.165) is 11.6 Å². The molecule has 0 bridgehead atoms. The number of hydrogen-bond donors (Lipinski definition) is 1. The number of hydrogen-bond acceptors (Lipinski definition) is 7. The molecule has 0 spiro atoms. The van der Waals surface area contributed by atoms with Gasteiger partial charge in [-0.1, -0.05) is 12.1 Å². The summed E-state index contributed by atoms with van der Waals surface area (Å²) in [6.07, 6.45) is 0.570. The molecule has 1 aliphatic rings. The molecule has 0 radical (unpaired) electrons. The number of aryl methyl sites for hydroxylation is 1. The number of nitro groups is 1.